The van der Waals surface area contributed by atoms with E-state index in [-0.39, 0.29) is 0 Å². The Morgan fingerprint density at radius 2 is 0.192 bits per heavy atom. The van der Waals surface area contributed by atoms with Crippen LogP contribution >= 0.6 is 0 Å². The summed E-state index contributed by atoms with van der Waals surface area (Å²) in [7, 11) is 0. The molecule has 0 aromatic carbocycles. The molecule has 0 N–H and O–H groups in total. The second-order valence-electron chi connectivity index (χ2n) is 25.1. The molecule has 0 unspecified atom stereocenters. The molecule has 0 aliphatic rings. The summed E-state index contributed by atoms with van der Waals surface area (Å²) in [5, 5.41) is 0. The first-order valence-electron chi connectivity index (χ1n) is 36.1. The van der Waals surface area contributed by atoms with E-state index in [2.05, 4.69) is 25.7 Å². The minimum Gasteiger partial charge on any atom is -0.303 e. The third-order valence-corrected chi connectivity index (χ3v) is 17.5. The standard InChI is InChI=1S/C72H147N/c1-4-7-10-13-16-19-22-25-28-31-32-33-34-35-36-37-38-39-40-41-42-43-44-45-46-47-48-51-54-57-60-63-66-69-72-73(70-67-64-61-58-55-52-49-29-26-23-20-17-14-11-8-5-2)71-68-65-62-59-56-53-50-30-27-24-21-18-15-12-9-6-3/h4-72H2,1-3H3. The van der Waals surface area contributed by atoms with Crippen molar-refractivity contribution in [2.24, 2.45) is 0 Å². The molecule has 0 saturated heterocycles. The monoisotopic (exact) mass is 1030 g/mol. The summed E-state index contributed by atoms with van der Waals surface area (Å²) < 4.78 is 0. The Morgan fingerprint density at radius 1 is 0.110 bits per heavy atom. The fraction of sp³-hybridized carbons (Fsp3) is 1.00. The number of hydrogen-bond acceptors (Lipinski definition) is 1. The number of nitrogens with zero attached hydrogens (tertiary/aromatic N) is 1. The van der Waals surface area contributed by atoms with Gasteiger partial charge in [-0.1, -0.05) is 425 Å². The van der Waals surface area contributed by atoms with Crippen molar-refractivity contribution in [3.63, 3.8) is 0 Å². The van der Waals surface area contributed by atoms with E-state index in [1.165, 1.54) is 443 Å². The average molecular weight is 1030 g/mol. The average Bonchev–Trinajstić information content (AvgIpc) is 3.40. The molecule has 0 radical (unpaired) electrons. The van der Waals surface area contributed by atoms with Crippen LogP contribution < -0.4 is 0 Å². The predicted molar refractivity (Wildman–Crippen MR) is 338 cm³/mol. The number of hydrogen-bond donors (Lipinski definition) is 0. The third kappa shape index (κ3) is 68.0. The molecule has 0 spiro atoms. The maximum Gasteiger partial charge on any atom is -0.00187 e. The molecule has 0 aliphatic carbocycles. The SMILES string of the molecule is CCCCCCCCCCCCCCCCCCCCCCCCCCCCCCCCCCCCN(CCCCCCCCCCCCCCCCCC)CCCCCCCCCCCCCCCCCC. The summed E-state index contributed by atoms with van der Waals surface area (Å²) >= 11 is 0. The van der Waals surface area contributed by atoms with Gasteiger partial charge in [0, 0.05) is 0 Å². The van der Waals surface area contributed by atoms with E-state index in [0.29, 0.717) is 0 Å². The molecule has 73 heavy (non-hydrogen) atoms. The van der Waals surface area contributed by atoms with E-state index in [1.807, 2.05) is 0 Å². The normalized spacial score (nSPS) is 11.8. The van der Waals surface area contributed by atoms with Crippen molar-refractivity contribution in [2.45, 2.75) is 445 Å². The highest BCUT2D eigenvalue weighted by Crippen LogP contribution is 2.20. The zero-order chi connectivity index (χ0) is 52.4. The van der Waals surface area contributed by atoms with Gasteiger partial charge in [-0.25, -0.2) is 0 Å². The smallest absolute Gasteiger partial charge is 0.00187 e. The molecule has 0 bridgehead atoms. The van der Waals surface area contributed by atoms with Gasteiger partial charge in [-0.2, -0.15) is 0 Å². The third-order valence-electron chi connectivity index (χ3n) is 17.5. The topological polar surface area (TPSA) is 3.24 Å². The summed E-state index contributed by atoms with van der Waals surface area (Å²) in [6.45, 7) is 11.1. The lowest BCUT2D eigenvalue weighted by molar-refractivity contribution is 0.254. The van der Waals surface area contributed by atoms with Crippen LogP contribution in [0.25, 0.3) is 0 Å². The minimum atomic E-state index is 1.37. The molecule has 1 nitrogen and oxygen atoms in total. The zero-order valence-electron chi connectivity index (χ0n) is 52.2. The predicted octanol–water partition coefficient (Wildman–Crippen LogP) is 27.1. The first-order valence-corrected chi connectivity index (χ1v) is 36.1. The Balaban J connectivity index is 3.79. The van der Waals surface area contributed by atoms with Gasteiger partial charge in [0.2, 0.25) is 0 Å². The highest BCUT2D eigenvalue weighted by molar-refractivity contribution is 4.62. The van der Waals surface area contributed by atoms with Crippen LogP contribution in [-0.4, -0.2) is 24.5 Å². The van der Waals surface area contributed by atoms with Crippen molar-refractivity contribution < 1.29 is 0 Å². The van der Waals surface area contributed by atoms with Gasteiger partial charge in [0.15, 0.2) is 0 Å². The van der Waals surface area contributed by atoms with Gasteiger partial charge in [-0.3, -0.25) is 0 Å². The summed E-state index contributed by atoms with van der Waals surface area (Å²) in [6, 6.07) is 0. The number of rotatable bonds is 69. The van der Waals surface area contributed by atoms with Crippen LogP contribution in [0.2, 0.25) is 0 Å². The quantitative estimate of drug-likeness (QED) is 0.0549. The van der Waals surface area contributed by atoms with Crippen LogP contribution in [0.5, 0.6) is 0 Å². The lowest BCUT2D eigenvalue weighted by Gasteiger charge is -2.22. The van der Waals surface area contributed by atoms with E-state index in [9.17, 15) is 0 Å². The second kappa shape index (κ2) is 70.0. The van der Waals surface area contributed by atoms with Crippen LogP contribution in [0.15, 0.2) is 0 Å². The van der Waals surface area contributed by atoms with Gasteiger partial charge in [0.1, 0.15) is 0 Å². The Morgan fingerprint density at radius 3 is 0.288 bits per heavy atom. The zero-order valence-corrected chi connectivity index (χ0v) is 52.2. The Labute approximate surface area is 466 Å². The van der Waals surface area contributed by atoms with Crippen molar-refractivity contribution in [3.05, 3.63) is 0 Å². The van der Waals surface area contributed by atoms with Crippen molar-refractivity contribution in [2.75, 3.05) is 19.6 Å². The van der Waals surface area contributed by atoms with Crippen LogP contribution in [0.1, 0.15) is 445 Å². The van der Waals surface area contributed by atoms with Gasteiger partial charge in [0.25, 0.3) is 0 Å². The van der Waals surface area contributed by atoms with Gasteiger partial charge < -0.3 is 4.90 Å². The molecule has 0 saturated carbocycles. The first-order chi connectivity index (χ1) is 36.3. The summed E-state index contributed by atoms with van der Waals surface area (Å²) in [5.41, 5.74) is 0. The molecular weight excluding hydrogens is 879 g/mol. The van der Waals surface area contributed by atoms with Crippen LogP contribution in [-0.2, 0) is 0 Å². The Kier molecular flexibility index (Phi) is 69.9. The van der Waals surface area contributed by atoms with Crippen LogP contribution in [0.4, 0.5) is 0 Å². The van der Waals surface area contributed by atoms with E-state index < -0.39 is 0 Å². The van der Waals surface area contributed by atoms with E-state index in [0.717, 1.165) is 0 Å². The van der Waals surface area contributed by atoms with Crippen molar-refractivity contribution in [3.8, 4) is 0 Å². The van der Waals surface area contributed by atoms with Gasteiger partial charge in [-0.15, -0.1) is 0 Å². The second-order valence-corrected chi connectivity index (χ2v) is 25.1. The molecule has 0 heterocycles. The number of unbranched alkanes of at least 4 members (excludes halogenated alkanes) is 63. The first kappa shape index (κ1) is 73.0. The van der Waals surface area contributed by atoms with Crippen molar-refractivity contribution in [1.82, 2.24) is 4.90 Å². The minimum absolute atomic E-state index is 1.37. The molecule has 0 amide bonds. The molecule has 0 aromatic heterocycles. The largest absolute Gasteiger partial charge is 0.303 e. The molecular formula is C72H147N. The lowest BCUT2D eigenvalue weighted by atomic mass is 10.0. The molecule has 0 aromatic rings. The molecule has 0 atom stereocenters. The van der Waals surface area contributed by atoms with Gasteiger partial charge >= 0.3 is 0 Å². The summed E-state index contributed by atoms with van der Waals surface area (Å²) in [6.07, 6.45) is 97.5. The van der Waals surface area contributed by atoms with E-state index in [1.54, 1.807) is 0 Å². The van der Waals surface area contributed by atoms with Crippen LogP contribution in [0.3, 0.4) is 0 Å². The van der Waals surface area contributed by atoms with Crippen molar-refractivity contribution in [1.29, 1.82) is 0 Å². The lowest BCUT2D eigenvalue weighted by Crippen LogP contribution is -2.27. The fourth-order valence-electron chi connectivity index (χ4n) is 12.2. The van der Waals surface area contributed by atoms with E-state index in [4.69, 9.17) is 0 Å². The van der Waals surface area contributed by atoms with E-state index >= 15 is 0 Å². The molecule has 440 valence electrons. The molecule has 0 fully saturated rings. The highest BCUT2D eigenvalue weighted by atomic mass is 15.1. The summed E-state index contributed by atoms with van der Waals surface area (Å²) in [4.78, 5) is 2.90. The Bertz CT molecular complexity index is 860. The Hall–Kier alpha value is -0.0400. The maximum atomic E-state index is 2.90. The van der Waals surface area contributed by atoms with Crippen LogP contribution in [0, 0.1) is 0 Å². The van der Waals surface area contributed by atoms with Crippen molar-refractivity contribution >= 4 is 0 Å². The van der Waals surface area contributed by atoms with Gasteiger partial charge in [0.05, 0.1) is 0 Å². The summed E-state index contributed by atoms with van der Waals surface area (Å²) in [5.74, 6) is 0. The maximum absolute atomic E-state index is 2.90. The van der Waals surface area contributed by atoms with Gasteiger partial charge in [-0.05, 0) is 38.9 Å². The molecule has 1 heteroatoms. The molecule has 0 rings (SSSR count). The highest BCUT2D eigenvalue weighted by Gasteiger charge is 2.06. The fourth-order valence-corrected chi connectivity index (χ4v) is 12.2. The molecule has 0 aliphatic heterocycles.